The van der Waals surface area contributed by atoms with Crippen molar-refractivity contribution in [2.24, 2.45) is 17.8 Å². The van der Waals surface area contributed by atoms with Gasteiger partial charge in [0.1, 0.15) is 0 Å². The quantitative estimate of drug-likeness (QED) is 0.797. The molecule has 0 unspecified atom stereocenters. The first-order valence-corrected chi connectivity index (χ1v) is 8.98. The van der Waals surface area contributed by atoms with Crippen LogP contribution in [-0.2, 0) is 19.1 Å². The highest BCUT2D eigenvalue weighted by Gasteiger charge is 2.62. The molecular weight excluding hydrogens is 296 g/mol. The van der Waals surface area contributed by atoms with Crippen molar-refractivity contribution in [1.29, 1.82) is 0 Å². The maximum atomic E-state index is 12.4. The summed E-state index contributed by atoms with van der Waals surface area (Å²) in [5.41, 5.74) is 2.56. The van der Waals surface area contributed by atoms with Gasteiger partial charge in [-0.25, -0.2) is 0 Å². The summed E-state index contributed by atoms with van der Waals surface area (Å²) < 4.78 is 5.68. The van der Waals surface area contributed by atoms with E-state index in [0.717, 1.165) is 24.3 Å². The average Bonchev–Trinajstić information content (AvgIpc) is 3.24. The van der Waals surface area contributed by atoms with E-state index in [1.165, 1.54) is 32.1 Å². The Labute approximate surface area is 135 Å². The molecule has 0 aromatic heterocycles. The van der Waals surface area contributed by atoms with Crippen LogP contribution in [0.15, 0.2) is 0 Å². The van der Waals surface area contributed by atoms with E-state index in [1.807, 2.05) is 0 Å². The monoisotopic (exact) mass is 320 g/mol. The first-order chi connectivity index (χ1) is 11.1. The van der Waals surface area contributed by atoms with Crippen molar-refractivity contribution in [3.05, 3.63) is 0 Å². The molecular formula is C17H24N2O4. The molecule has 1 aliphatic carbocycles. The lowest BCUT2D eigenvalue weighted by Crippen LogP contribution is -2.47. The van der Waals surface area contributed by atoms with Gasteiger partial charge in [0.05, 0.1) is 24.0 Å². The number of carbonyl (C=O) groups is 3. The van der Waals surface area contributed by atoms with Crippen LogP contribution in [0.1, 0.15) is 57.8 Å². The van der Waals surface area contributed by atoms with Gasteiger partial charge in [-0.05, 0) is 25.2 Å². The van der Waals surface area contributed by atoms with Crippen LogP contribution in [0.4, 0.5) is 0 Å². The minimum atomic E-state index is -0.375. The van der Waals surface area contributed by atoms with Crippen molar-refractivity contribution in [2.75, 3.05) is 0 Å². The summed E-state index contributed by atoms with van der Waals surface area (Å²) in [6.07, 6.45) is 8.85. The molecule has 0 spiro atoms. The Kier molecular flexibility index (Phi) is 3.87. The fourth-order valence-electron chi connectivity index (χ4n) is 4.81. The number of hydrazine groups is 1. The first-order valence-electron chi connectivity index (χ1n) is 8.98. The van der Waals surface area contributed by atoms with E-state index in [0.29, 0.717) is 12.3 Å². The highest BCUT2D eigenvalue weighted by molar-refractivity contribution is 6.07. The number of hydrogen-bond donors (Lipinski definition) is 1. The number of imide groups is 1. The van der Waals surface area contributed by atoms with Gasteiger partial charge < -0.3 is 4.74 Å². The molecule has 1 N–H and O–H groups in total. The number of hydrogen-bond acceptors (Lipinski definition) is 4. The van der Waals surface area contributed by atoms with Crippen LogP contribution in [0.25, 0.3) is 0 Å². The van der Waals surface area contributed by atoms with Crippen molar-refractivity contribution in [3.8, 4) is 0 Å². The number of amides is 3. The van der Waals surface area contributed by atoms with Gasteiger partial charge in [0, 0.05) is 6.42 Å². The number of carbonyl (C=O) groups excluding carboxylic acids is 3. The van der Waals surface area contributed by atoms with E-state index in [4.69, 9.17) is 4.74 Å². The normalized spacial score (nSPS) is 36.6. The van der Waals surface area contributed by atoms with E-state index in [9.17, 15) is 14.4 Å². The summed E-state index contributed by atoms with van der Waals surface area (Å²) in [7, 11) is 0. The zero-order chi connectivity index (χ0) is 16.0. The molecule has 3 aliphatic heterocycles. The molecule has 0 aromatic carbocycles. The lowest BCUT2D eigenvalue weighted by molar-refractivity contribution is -0.151. The largest absolute Gasteiger partial charge is 0.373 e. The Bertz CT molecular complexity index is 501. The van der Waals surface area contributed by atoms with Crippen LogP contribution in [0.3, 0.4) is 0 Å². The smallest absolute Gasteiger partial charge is 0.254 e. The third-order valence-electron chi connectivity index (χ3n) is 6.03. The van der Waals surface area contributed by atoms with Crippen LogP contribution < -0.4 is 5.43 Å². The van der Waals surface area contributed by atoms with E-state index >= 15 is 0 Å². The summed E-state index contributed by atoms with van der Waals surface area (Å²) in [5.74, 6) is -0.912. The molecule has 23 heavy (non-hydrogen) atoms. The van der Waals surface area contributed by atoms with Crippen LogP contribution in [-0.4, -0.2) is 34.9 Å². The minimum absolute atomic E-state index is 0.134. The number of nitrogens with zero attached hydrogens (tertiary/aromatic N) is 1. The molecule has 4 aliphatic rings. The Morgan fingerprint density at radius 1 is 1.00 bits per heavy atom. The molecule has 126 valence electrons. The van der Waals surface area contributed by atoms with Gasteiger partial charge in [-0.3, -0.25) is 19.8 Å². The highest BCUT2D eigenvalue weighted by atomic mass is 16.5. The lowest BCUT2D eigenvalue weighted by atomic mass is 9.81. The molecule has 2 bridgehead atoms. The second-order valence-electron chi connectivity index (χ2n) is 7.43. The van der Waals surface area contributed by atoms with E-state index in [1.54, 1.807) is 0 Å². The van der Waals surface area contributed by atoms with E-state index in [2.05, 4.69) is 5.43 Å². The third-order valence-corrected chi connectivity index (χ3v) is 6.03. The fraction of sp³-hybridized carbons (Fsp3) is 0.824. The molecule has 4 rings (SSSR count). The topological polar surface area (TPSA) is 75.7 Å². The van der Waals surface area contributed by atoms with E-state index < -0.39 is 0 Å². The van der Waals surface area contributed by atoms with Gasteiger partial charge in [-0.1, -0.05) is 32.1 Å². The predicted octanol–water partition coefficient (Wildman–Crippen LogP) is 1.54. The third kappa shape index (κ3) is 2.57. The molecule has 3 amide bonds. The maximum absolute atomic E-state index is 12.4. The number of rotatable bonds is 4. The maximum Gasteiger partial charge on any atom is 0.254 e. The Balaban J connectivity index is 1.33. The first kappa shape index (κ1) is 15.1. The molecule has 3 saturated heterocycles. The van der Waals surface area contributed by atoms with Crippen molar-refractivity contribution >= 4 is 17.7 Å². The summed E-state index contributed by atoms with van der Waals surface area (Å²) in [5, 5.41) is 0.979. The number of ether oxygens (including phenoxy) is 1. The fourth-order valence-corrected chi connectivity index (χ4v) is 4.81. The van der Waals surface area contributed by atoms with Crippen molar-refractivity contribution in [2.45, 2.75) is 70.0 Å². The number of nitrogens with one attached hydrogen (secondary N) is 1. The average molecular weight is 320 g/mol. The van der Waals surface area contributed by atoms with Crippen LogP contribution in [0.5, 0.6) is 0 Å². The van der Waals surface area contributed by atoms with Crippen molar-refractivity contribution in [3.63, 3.8) is 0 Å². The molecule has 6 nitrogen and oxygen atoms in total. The Morgan fingerprint density at radius 3 is 2.22 bits per heavy atom. The van der Waals surface area contributed by atoms with Crippen LogP contribution in [0, 0.1) is 17.8 Å². The molecule has 0 aromatic rings. The molecule has 1 saturated carbocycles. The zero-order valence-electron chi connectivity index (χ0n) is 13.3. The zero-order valence-corrected chi connectivity index (χ0v) is 13.3. The van der Waals surface area contributed by atoms with Gasteiger partial charge >= 0.3 is 0 Å². The standard InChI is InChI=1S/C17H24N2O4/c20-13(9-6-10-4-2-1-3-5-10)18-19-16(21)14-11-7-8-12(23-11)15(14)17(19)22/h10-12,14-15H,1-9H2,(H,18,20)/t11-,12-,14-,15+/m0/s1. The van der Waals surface area contributed by atoms with Gasteiger partial charge in [0.2, 0.25) is 5.91 Å². The molecule has 4 atom stereocenters. The van der Waals surface area contributed by atoms with Crippen molar-refractivity contribution < 1.29 is 19.1 Å². The molecule has 3 heterocycles. The Morgan fingerprint density at radius 2 is 1.61 bits per heavy atom. The number of fused-ring (bicyclic) bond motifs is 5. The summed E-state index contributed by atoms with van der Waals surface area (Å²) in [6.45, 7) is 0. The summed E-state index contributed by atoms with van der Waals surface area (Å²) in [6, 6.07) is 0. The van der Waals surface area contributed by atoms with Crippen LogP contribution in [0.2, 0.25) is 0 Å². The summed E-state index contributed by atoms with van der Waals surface area (Å²) in [4.78, 5) is 37.0. The molecule has 4 fully saturated rings. The second-order valence-corrected chi connectivity index (χ2v) is 7.43. The van der Waals surface area contributed by atoms with E-state index in [-0.39, 0.29) is 41.8 Å². The highest BCUT2D eigenvalue weighted by Crippen LogP contribution is 2.48. The minimum Gasteiger partial charge on any atom is -0.373 e. The van der Waals surface area contributed by atoms with Gasteiger partial charge in [-0.15, -0.1) is 0 Å². The molecule has 6 heteroatoms. The van der Waals surface area contributed by atoms with Crippen LogP contribution >= 0.6 is 0 Å². The predicted molar refractivity (Wildman–Crippen MR) is 80.7 cm³/mol. The Hall–Kier alpha value is -1.43. The van der Waals surface area contributed by atoms with Gasteiger partial charge in [0.25, 0.3) is 11.8 Å². The SMILES string of the molecule is O=C(CCC1CCCCC1)NN1C(=O)[C@@H]2[C@H](C1=O)[C@@H]1CC[C@@H]2O1. The lowest BCUT2D eigenvalue weighted by Gasteiger charge is -2.22. The second kappa shape index (κ2) is 5.89. The van der Waals surface area contributed by atoms with Gasteiger partial charge in [-0.2, -0.15) is 5.01 Å². The van der Waals surface area contributed by atoms with Crippen molar-refractivity contribution in [1.82, 2.24) is 10.4 Å². The molecule has 0 radical (unpaired) electrons. The summed E-state index contributed by atoms with van der Waals surface area (Å²) >= 11 is 0. The van der Waals surface area contributed by atoms with Gasteiger partial charge in [0.15, 0.2) is 0 Å².